The molecule has 0 unspecified atom stereocenters. The number of thioether (sulfide) groups is 1. The van der Waals surface area contributed by atoms with Gasteiger partial charge < -0.3 is 10.5 Å². The third-order valence-corrected chi connectivity index (χ3v) is 3.75. The van der Waals surface area contributed by atoms with Crippen molar-refractivity contribution in [1.29, 1.82) is 0 Å². The number of rotatable bonds is 5. The predicted octanol–water partition coefficient (Wildman–Crippen LogP) is 4.01. The quantitative estimate of drug-likeness (QED) is 0.836. The second kappa shape index (κ2) is 6.64. The molecule has 0 heterocycles. The summed E-state index contributed by atoms with van der Waals surface area (Å²) in [5, 5.41) is 0. The molecule has 2 nitrogen and oxygen atoms in total. The molecular formula is C16H19NOS. The fourth-order valence-corrected chi connectivity index (χ4v) is 2.42. The van der Waals surface area contributed by atoms with E-state index in [1.165, 1.54) is 5.56 Å². The minimum absolute atomic E-state index is 0.657. The van der Waals surface area contributed by atoms with E-state index in [1.807, 2.05) is 18.2 Å². The van der Waals surface area contributed by atoms with E-state index in [4.69, 9.17) is 10.5 Å². The van der Waals surface area contributed by atoms with Crippen molar-refractivity contribution in [3.05, 3.63) is 53.6 Å². The van der Waals surface area contributed by atoms with Crippen LogP contribution >= 0.6 is 11.8 Å². The molecule has 0 bridgehead atoms. The Morgan fingerprint density at radius 1 is 1.11 bits per heavy atom. The summed E-state index contributed by atoms with van der Waals surface area (Å²) in [6.07, 6.45) is 2.93. The highest BCUT2D eigenvalue weighted by Crippen LogP contribution is 2.33. The van der Waals surface area contributed by atoms with E-state index in [1.54, 1.807) is 11.8 Å². The van der Waals surface area contributed by atoms with Gasteiger partial charge in [-0.15, -0.1) is 11.8 Å². The fraction of sp³-hybridized carbons (Fsp3) is 0.250. The number of nitrogens with two attached hydrogens (primary N) is 1. The standard InChI is InChI=1S/C16H19NOS/c1-12-7-8-13(9-10-17)11-15(12)18-14-5-3-4-6-16(14)19-2/h3-8,11H,9-10,17H2,1-2H3. The first-order valence-corrected chi connectivity index (χ1v) is 7.57. The van der Waals surface area contributed by atoms with Crippen LogP contribution in [0.3, 0.4) is 0 Å². The summed E-state index contributed by atoms with van der Waals surface area (Å²) >= 11 is 1.69. The summed E-state index contributed by atoms with van der Waals surface area (Å²) in [7, 11) is 0. The maximum absolute atomic E-state index is 6.06. The van der Waals surface area contributed by atoms with E-state index in [9.17, 15) is 0 Å². The molecule has 0 aliphatic heterocycles. The highest BCUT2D eigenvalue weighted by molar-refractivity contribution is 7.98. The lowest BCUT2D eigenvalue weighted by Gasteiger charge is -2.13. The van der Waals surface area contributed by atoms with Crippen molar-refractivity contribution < 1.29 is 4.74 Å². The van der Waals surface area contributed by atoms with Gasteiger partial charge in [0.25, 0.3) is 0 Å². The highest BCUT2D eigenvalue weighted by Gasteiger charge is 2.06. The molecule has 0 atom stereocenters. The Hall–Kier alpha value is -1.45. The zero-order chi connectivity index (χ0) is 13.7. The summed E-state index contributed by atoms with van der Waals surface area (Å²) in [5.41, 5.74) is 7.95. The Balaban J connectivity index is 2.29. The minimum Gasteiger partial charge on any atom is -0.456 e. The van der Waals surface area contributed by atoms with Crippen LogP contribution in [0.4, 0.5) is 0 Å². The first-order chi connectivity index (χ1) is 9.24. The molecule has 0 saturated carbocycles. The first kappa shape index (κ1) is 14.0. The largest absolute Gasteiger partial charge is 0.456 e. The Labute approximate surface area is 119 Å². The molecule has 0 amide bonds. The molecule has 2 aromatic carbocycles. The lowest BCUT2D eigenvalue weighted by atomic mass is 10.1. The molecule has 0 spiro atoms. The van der Waals surface area contributed by atoms with E-state index >= 15 is 0 Å². The van der Waals surface area contributed by atoms with E-state index in [2.05, 4.69) is 37.4 Å². The van der Waals surface area contributed by atoms with Crippen LogP contribution in [0.25, 0.3) is 0 Å². The summed E-state index contributed by atoms with van der Waals surface area (Å²) in [4.78, 5) is 1.14. The van der Waals surface area contributed by atoms with E-state index in [0.29, 0.717) is 6.54 Å². The molecule has 0 aliphatic rings. The van der Waals surface area contributed by atoms with Crippen LogP contribution in [0.1, 0.15) is 11.1 Å². The van der Waals surface area contributed by atoms with Gasteiger partial charge in [0.1, 0.15) is 11.5 Å². The maximum Gasteiger partial charge on any atom is 0.140 e. The molecule has 2 N–H and O–H groups in total. The van der Waals surface area contributed by atoms with Gasteiger partial charge in [0.2, 0.25) is 0 Å². The molecule has 100 valence electrons. The molecule has 0 aromatic heterocycles. The monoisotopic (exact) mass is 273 g/mol. The minimum atomic E-state index is 0.657. The van der Waals surface area contributed by atoms with Crippen LogP contribution in [-0.4, -0.2) is 12.8 Å². The van der Waals surface area contributed by atoms with Crippen LogP contribution in [0.15, 0.2) is 47.4 Å². The Kier molecular flexibility index (Phi) is 4.88. The van der Waals surface area contributed by atoms with Gasteiger partial charge in [-0.25, -0.2) is 0 Å². The van der Waals surface area contributed by atoms with Gasteiger partial charge in [-0.05, 0) is 55.5 Å². The lowest BCUT2D eigenvalue weighted by molar-refractivity contribution is 0.467. The molecule has 0 radical (unpaired) electrons. The van der Waals surface area contributed by atoms with Crippen LogP contribution < -0.4 is 10.5 Å². The molecule has 2 aromatic rings. The predicted molar refractivity (Wildman–Crippen MR) is 82.2 cm³/mol. The Bertz CT molecular complexity index is 554. The average Bonchev–Trinajstić information content (AvgIpc) is 2.43. The van der Waals surface area contributed by atoms with Crippen LogP contribution in [0, 0.1) is 6.92 Å². The molecule has 0 aliphatic carbocycles. The second-order valence-electron chi connectivity index (χ2n) is 4.39. The Morgan fingerprint density at radius 3 is 2.63 bits per heavy atom. The zero-order valence-electron chi connectivity index (χ0n) is 11.3. The third kappa shape index (κ3) is 3.52. The van der Waals surface area contributed by atoms with Crippen molar-refractivity contribution >= 4 is 11.8 Å². The van der Waals surface area contributed by atoms with Gasteiger partial charge in [-0.3, -0.25) is 0 Å². The summed E-state index contributed by atoms with van der Waals surface area (Å²) in [6.45, 7) is 2.72. The maximum atomic E-state index is 6.06. The van der Waals surface area contributed by atoms with Crippen LogP contribution in [-0.2, 0) is 6.42 Å². The van der Waals surface area contributed by atoms with Gasteiger partial charge in [0.05, 0.1) is 0 Å². The fourth-order valence-electron chi connectivity index (χ4n) is 1.90. The van der Waals surface area contributed by atoms with Gasteiger partial charge in [-0.2, -0.15) is 0 Å². The highest BCUT2D eigenvalue weighted by atomic mass is 32.2. The average molecular weight is 273 g/mol. The second-order valence-corrected chi connectivity index (χ2v) is 5.24. The van der Waals surface area contributed by atoms with Crippen LogP contribution in [0.5, 0.6) is 11.5 Å². The Morgan fingerprint density at radius 2 is 1.89 bits per heavy atom. The van der Waals surface area contributed by atoms with Crippen LogP contribution in [0.2, 0.25) is 0 Å². The molecule has 3 heteroatoms. The number of hydrogen-bond acceptors (Lipinski definition) is 3. The number of hydrogen-bond donors (Lipinski definition) is 1. The van der Waals surface area contributed by atoms with Crippen molar-refractivity contribution in [3.63, 3.8) is 0 Å². The van der Waals surface area contributed by atoms with Gasteiger partial charge >= 0.3 is 0 Å². The number of aryl methyl sites for hydroxylation is 1. The van der Waals surface area contributed by atoms with E-state index in [0.717, 1.165) is 28.4 Å². The normalized spacial score (nSPS) is 10.5. The molecular weight excluding hydrogens is 254 g/mol. The van der Waals surface area contributed by atoms with Gasteiger partial charge in [0, 0.05) is 4.90 Å². The van der Waals surface area contributed by atoms with E-state index in [-0.39, 0.29) is 0 Å². The number of benzene rings is 2. The van der Waals surface area contributed by atoms with Crippen molar-refractivity contribution in [1.82, 2.24) is 0 Å². The third-order valence-electron chi connectivity index (χ3n) is 2.97. The van der Waals surface area contributed by atoms with Gasteiger partial charge in [-0.1, -0.05) is 24.3 Å². The molecule has 0 fully saturated rings. The summed E-state index contributed by atoms with van der Waals surface area (Å²) in [5.74, 6) is 1.82. The van der Waals surface area contributed by atoms with Crippen molar-refractivity contribution in [2.45, 2.75) is 18.2 Å². The van der Waals surface area contributed by atoms with Gasteiger partial charge in [0.15, 0.2) is 0 Å². The topological polar surface area (TPSA) is 35.2 Å². The number of para-hydroxylation sites is 1. The molecule has 2 rings (SSSR count). The van der Waals surface area contributed by atoms with Crippen molar-refractivity contribution in [2.24, 2.45) is 5.73 Å². The summed E-state index contributed by atoms with van der Waals surface area (Å²) < 4.78 is 6.06. The van der Waals surface area contributed by atoms with E-state index < -0.39 is 0 Å². The summed E-state index contributed by atoms with van der Waals surface area (Å²) in [6, 6.07) is 14.4. The zero-order valence-corrected chi connectivity index (χ0v) is 12.2. The first-order valence-electron chi connectivity index (χ1n) is 6.35. The van der Waals surface area contributed by atoms with Crippen molar-refractivity contribution in [2.75, 3.05) is 12.8 Å². The molecule has 0 saturated heterocycles. The van der Waals surface area contributed by atoms with Crippen molar-refractivity contribution in [3.8, 4) is 11.5 Å². The number of ether oxygens (including phenoxy) is 1. The smallest absolute Gasteiger partial charge is 0.140 e. The lowest BCUT2D eigenvalue weighted by Crippen LogP contribution is -2.03. The SMILES string of the molecule is CSc1ccccc1Oc1cc(CCN)ccc1C. The molecule has 19 heavy (non-hydrogen) atoms.